The molecule has 1 aliphatic carbocycles. The summed E-state index contributed by atoms with van der Waals surface area (Å²) in [6.45, 7) is 3.97. The van der Waals surface area contributed by atoms with E-state index >= 15 is 0 Å². The third-order valence-electron chi connectivity index (χ3n) is 3.97. The lowest BCUT2D eigenvalue weighted by molar-refractivity contribution is 0.514. The van der Waals surface area contributed by atoms with Crippen LogP contribution in [0.4, 0.5) is 4.39 Å². The quantitative estimate of drug-likeness (QED) is 0.867. The lowest BCUT2D eigenvalue weighted by Crippen LogP contribution is -2.36. The number of benzene rings is 1. The highest BCUT2D eigenvalue weighted by Gasteiger charge is 2.48. The molecule has 1 saturated carbocycles. The molecular formula is C15H14ClFN2O2. The van der Waals surface area contributed by atoms with Crippen LogP contribution in [0.2, 0.25) is 5.15 Å². The number of halogens is 2. The topological polar surface area (TPSA) is 54.9 Å². The Bertz CT molecular complexity index is 838. The van der Waals surface area contributed by atoms with Crippen molar-refractivity contribution in [1.82, 2.24) is 9.55 Å². The molecule has 0 amide bonds. The Morgan fingerprint density at radius 3 is 2.62 bits per heavy atom. The van der Waals surface area contributed by atoms with Crippen LogP contribution < -0.4 is 11.2 Å². The first-order valence-electron chi connectivity index (χ1n) is 6.61. The van der Waals surface area contributed by atoms with Gasteiger partial charge >= 0.3 is 5.69 Å². The fourth-order valence-electron chi connectivity index (χ4n) is 2.58. The number of H-pyrrole nitrogens is 1. The molecule has 1 aliphatic rings. The average Bonchev–Trinajstić information content (AvgIpc) is 2.97. The number of nitrogens with one attached hydrogen (secondary N) is 1. The van der Waals surface area contributed by atoms with E-state index in [0.717, 1.165) is 6.42 Å². The zero-order valence-corrected chi connectivity index (χ0v) is 12.4. The minimum Gasteiger partial charge on any atom is -0.297 e. The van der Waals surface area contributed by atoms with E-state index in [4.69, 9.17) is 11.6 Å². The van der Waals surface area contributed by atoms with Gasteiger partial charge in [0.15, 0.2) is 0 Å². The van der Waals surface area contributed by atoms with Crippen LogP contribution in [0.1, 0.15) is 26.3 Å². The van der Waals surface area contributed by atoms with Gasteiger partial charge in [0.25, 0.3) is 5.56 Å². The molecule has 1 fully saturated rings. The fraction of sp³-hybridized carbons (Fsp3) is 0.333. The molecule has 1 unspecified atom stereocenters. The van der Waals surface area contributed by atoms with Crippen LogP contribution in [0, 0.1) is 11.2 Å². The van der Waals surface area contributed by atoms with Crippen LogP contribution in [-0.2, 0) is 0 Å². The zero-order chi connectivity index (χ0) is 15.4. The van der Waals surface area contributed by atoms with Crippen molar-refractivity contribution in [3.05, 3.63) is 56.1 Å². The standard InChI is InChI=1S/C15H14ClFN2O2/c1-15(2)7-10(15)19-13(20)11(12(16)18-14(19)21)8-4-3-5-9(17)6-8/h3-6,10H,7H2,1-2H3,(H,18,21). The van der Waals surface area contributed by atoms with E-state index in [2.05, 4.69) is 4.98 Å². The maximum absolute atomic E-state index is 13.4. The summed E-state index contributed by atoms with van der Waals surface area (Å²) in [6.07, 6.45) is 0.750. The number of rotatable bonds is 2. The third-order valence-corrected chi connectivity index (χ3v) is 4.26. The summed E-state index contributed by atoms with van der Waals surface area (Å²) in [6, 6.07) is 5.44. The van der Waals surface area contributed by atoms with Crippen LogP contribution in [0.3, 0.4) is 0 Å². The molecule has 1 aromatic heterocycles. The maximum atomic E-state index is 13.4. The largest absolute Gasteiger partial charge is 0.329 e. The van der Waals surface area contributed by atoms with E-state index in [9.17, 15) is 14.0 Å². The Morgan fingerprint density at radius 2 is 2.05 bits per heavy atom. The predicted molar refractivity (Wildman–Crippen MR) is 79.2 cm³/mol. The molecule has 1 N–H and O–H groups in total. The first-order chi connectivity index (χ1) is 9.81. The fourth-order valence-corrected chi connectivity index (χ4v) is 2.85. The summed E-state index contributed by atoms with van der Waals surface area (Å²) in [5.74, 6) is -0.465. The van der Waals surface area contributed by atoms with Crippen LogP contribution in [0.5, 0.6) is 0 Å². The highest BCUT2D eigenvalue weighted by atomic mass is 35.5. The second kappa shape index (κ2) is 4.56. The van der Waals surface area contributed by atoms with Crippen molar-refractivity contribution >= 4 is 11.6 Å². The van der Waals surface area contributed by atoms with E-state index < -0.39 is 17.1 Å². The van der Waals surface area contributed by atoms with Gasteiger partial charge in [-0.15, -0.1) is 0 Å². The van der Waals surface area contributed by atoms with Gasteiger partial charge < -0.3 is 0 Å². The SMILES string of the molecule is CC1(C)CC1n1c(=O)[nH]c(Cl)c(-c2cccc(F)c2)c1=O. The molecule has 1 atom stereocenters. The Labute approximate surface area is 125 Å². The van der Waals surface area contributed by atoms with Gasteiger partial charge in [0, 0.05) is 6.04 Å². The Kier molecular flexibility index (Phi) is 3.06. The van der Waals surface area contributed by atoms with Gasteiger partial charge in [-0.3, -0.25) is 14.3 Å². The first-order valence-corrected chi connectivity index (χ1v) is 6.99. The molecule has 4 nitrogen and oxygen atoms in total. The van der Waals surface area contributed by atoms with E-state index in [0.29, 0.717) is 5.56 Å². The second-order valence-electron chi connectivity index (χ2n) is 6.01. The summed E-state index contributed by atoms with van der Waals surface area (Å²) >= 11 is 6.00. The van der Waals surface area contributed by atoms with Crippen molar-refractivity contribution in [2.45, 2.75) is 26.3 Å². The van der Waals surface area contributed by atoms with Gasteiger partial charge in [0.1, 0.15) is 11.0 Å². The van der Waals surface area contributed by atoms with Crippen molar-refractivity contribution in [2.24, 2.45) is 5.41 Å². The molecule has 21 heavy (non-hydrogen) atoms. The lowest BCUT2D eigenvalue weighted by atomic mass is 10.1. The highest BCUT2D eigenvalue weighted by Crippen LogP contribution is 2.54. The molecular weight excluding hydrogens is 295 g/mol. The van der Waals surface area contributed by atoms with Crippen LogP contribution in [0.15, 0.2) is 33.9 Å². The summed E-state index contributed by atoms with van der Waals surface area (Å²) in [5.41, 5.74) is -0.623. The van der Waals surface area contributed by atoms with Gasteiger partial charge in [0.2, 0.25) is 0 Å². The van der Waals surface area contributed by atoms with Gasteiger partial charge in [-0.25, -0.2) is 9.18 Å². The zero-order valence-electron chi connectivity index (χ0n) is 11.6. The monoisotopic (exact) mass is 308 g/mol. The van der Waals surface area contributed by atoms with Crippen molar-refractivity contribution in [3.63, 3.8) is 0 Å². The normalized spacial score (nSPS) is 19.5. The van der Waals surface area contributed by atoms with Crippen molar-refractivity contribution < 1.29 is 4.39 Å². The highest BCUT2D eigenvalue weighted by molar-refractivity contribution is 6.32. The number of hydrogen-bond donors (Lipinski definition) is 1. The van der Waals surface area contributed by atoms with Crippen molar-refractivity contribution in [1.29, 1.82) is 0 Å². The molecule has 1 heterocycles. The smallest absolute Gasteiger partial charge is 0.297 e. The van der Waals surface area contributed by atoms with Gasteiger partial charge in [-0.2, -0.15) is 0 Å². The summed E-state index contributed by atoms with van der Waals surface area (Å²) < 4.78 is 14.6. The number of nitrogens with zero attached hydrogens (tertiary/aromatic N) is 1. The third kappa shape index (κ3) is 2.31. The number of hydrogen-bond acceptors (Lipinski definition) is 2. The summed E-state index contributed by atoms with van der Waals surface area (Å²) in [5, 5.41) is -0.0645. The predicted octanol–water partition coefficient (Wildman–Crippen LogP) is 2.97. The molecule has 6 heteroatoms. The van der Waals surface area contributed by atoms with Crippen molar-refractivity contribution in [3.8, 4) is 11.1 Å². The minimum absolute atomic E-state index is 0.0645. The molecule has 0 saturated heterocycles. The van der Waals surface area contributed by atoms with Gasteiger partial charge in [0.05, 0.1) is 5.56 Å². The van der Waals surface area contributed by atoms with Gasteiger partial charge in [-0.1, -0.05) is 37.6 Å². The number of aromatic amines is 1. The Hall–Kier alpha value is -1.88. The average molecular weight is 309 g/mol. The number of aromatic nitrogens is 2. The van der Waals surface area contributed by atoms with Gasteiger partial charge in [-0.05, 0) is 29.5 Å². The summed E-state index contributed by atoms with van der Waals surface area (Å²) in [4.78, 5) is 27.1. The molecule has 0 spiro atoms. The van der Waals surface area contributed by atoms with E-state index in [1.807, 2.05) is 13.8 Å². The molecule has 2 aromatic rings. The van der Waals surface area contributed by atoms with Crippen LogP contribution >= 0.6 is 11.6 Å². The Balaban J connectivity index is 2.25. The molecule has 3 rings (SSSR count). The van der Waals surface area contributed by atoms with Crippen molar-refractivity contribution in [2.75, 3.05) is 0 Å². The second-order valence-corrected chi connectivity index (χ2v) is 6.39. The van der Waals surface area contributed by atoms with E-state index in [-0.39, 0.29) is 22.2 Å². The molecule has 110 valence electrons. The summed E-state index contributed by atoms with van der Waals surface area (Å²) in [7, 11) is 0. The minimum atomic E-state index is -0.527. The van der Waals surface area contributed by atoms with E-state index in [1.165, 1.54) is 22.8 Å². The maximum Gasteiger partial charge on any atom is 0.329 e. The molecule has 0 radical (unpaired) electrons. The lowest BCUT2D eigenvalue weighted by Gasteiger charge is -2.10. The molecule has 0 aliphatic heterocycles. The van der Waals surface area contributed by atoms with Crippen LogP contribution in [0.25, 0.3) is 11.1 Å². The van der Waals surface area contributed by atoms with E-state index in [1.54, 1.807) is 6.07 Å². The molecule has 0 bridgehead atoms. The Morgan fingerprint density at radius 1 is 1.38 bits per heavy atom. The first kappa shape index (κ1) is 14.1. The van der Waals surface area contributed by atoms with Crippen LogP contribution in [-0.4, -0.2) is 9.55 Å². The molecule has 1 aromatic carbocycles.